The zero-order chi connectivity index (χ0) is 19.1. The van der Waals surface area contributed by atoms with Crippen LogP contribution in [0.15, 0.2) is 48.5 Å². The van der Waals surface area contributed by atoms with Gasteiger partial charge in [0.2, 0.25) is 5.91 Å². The Morgan fingerprint density at radius 3 is 2.70 bits per heavy atom. The van der Waals surface area contributed by atoms with Crippen molar-refractivity contribution in [2.45, 2.75) is 13.0 Å². The smallest absolute Gasteiger partial charge is 0.238 e. The number of benzene rings is 2. The number of carbonyl (C=O) groups is 1. The van der Waals surface area contributed by atoms with Crippen molar-refractivity contribution in [3.05, 3.63) is 54.1 Å². The van der Waals surface area contributed by atoms with Gasteiger partial charge in [0.1, 0.15) is 11.5 Å². The Morgan fingerprint density at radius 2 is 1.93 bits per heavy atom. The van der Waals surface area contributed by atoms with E-state index < -0.39 is 0 Å². The molecule has 2 aromatic carbocycles. The van der Waals surface area contributed by atoms with Gasteiger partial charge in [0.25, 0.3) is 0 Å². The summed E-state index contributed by atoms with van der Waals surface area (Å²) in [6, 6.07) is 15.6. The zero-order valence-electron chi connectivity index (χ0n) is 15.9. The van der Waals surface area contributed by atoms with Gasteiger partial charge < -0.3 is 20.1 Å². The summed E-state index contributed by atoms with van der Waals surface area (Å²) in [6.45, 7) is 5.23. The summed E-state index contributed by atoms with van der Waals surface area (Å²) in [5.74, 6) is 1.48. The molecule has 0 spiro atoms. The van der Waals surface area contributed by atoms with E-state index in [2.05, 4.69) is 21.6 Å². The van der Waals surface area contributed by atoms with Crippen LogP contribution in [0.3, 0.4) is 0 Å². The second kappa shape index (κ2) is 9.39. The highest BCUT2D eigenvalue weighted by Gasteiger charge is 2.27. The average molecular weight is 369 g/mol. The Kier molecular flexibility index (Phi) is 6.68. The highest BCUT2D eigenvalue weighted by atomic mass is 16.5. The van der Waals surface area contributed by atoms with E-state index in [9.17, 15) is 4.79 Å². The monoisotopic (exact) mass is 369 g/mol. The molecule has 1 heterocycles. The van der Waals surface area contributed by atoms with E-state index in [0.717, 1.165) is 30.9 Å². The van der Waals surface area contributed by atoms with E-state index in [1.54, 1.807) is 7.11 Å². The lowest BCUT2D eigenvalue weighted by atomic mass is 10.0. The quantitative estimate of drug-likeness (QED) is 0.786. The lowest BCUT2D eigenvalue weighted by Gasteiger charge is -2.36. The van der Waals surface area contributed by atoms with Crippen LogP contribution in [0.1, 0.15) is 18.5 Å². The van der Waals surface area contributed by atoms with Crippen molar-refractivity contribution in [3.63, 3.8) is 0 Å². The number of anilines is 1. The SMILES string of the molecule is CCOc1ccccc1NC(=O)CN1CCNCC1c1ccccc1OC. The van der Waals surface area contributed by atoms with Crippen molar-refractivity contribution in [3.8, 4) is 11.5 Å². The maximum absolute atomic E-state index is 12.7. The van der Waals surface area contributed by atoms with E-state index in [1.165, 1.54) is 0 Å². The molecule has 0 aliphatic carbocycles. The van der Waals surface area contributed by atoms with E-state index in [0.29, 0.717) is 24.6 Å². The minimum atomic E-state index is -0.0519. The molecule has 1 amide bonds. The molecule has 1 aliphatic rings. The van der Waals surface area contributed by atoms with E-state index in [1.807, 2.05) is 49.4 Å². The molecule has 1 saturated heterocycles. The first-order chi connectivity index (χ1) is 13.2. The molecule has 3 rings (SSSR count). The van der Waals surface area contributed by atoms with Crippen LogP contribution in [0.4, 0.5) is 5.69 Å². The summed E-state index contributed by atoms with van der Waals surface area (Å²) >= 11 is 0. The van der Waals surface area contributed by atoms with Crippen LogP contribution >= 0.6 is 0 Å². The van der Waals surface area contributed by atoms with Crippen molar-refractivity contribution in [1.29, 1.82) is 0 Å². The molecule has 6 heteroatoms. The van der Waals surface area contributed by atoms with Crippen LogP contribution in [-0.2, 0) is 4.79 Å². The Hall–Kier alpha value is -2.57. The number of rotatable bonds is 7. The van der Waals surface area contributed by atoms with Crippen LogP contribution in [0.5, 0.6) is 11.5 Å². The molecule has 1 unspecified atom stereocenters. The third-order valence-corrected chi connectivity index (χ3v) is 4.66. The van der Waals surface area contributed by atoms with Gasteiger partial charge in [-0.3, -0.25) is 9.69 Å². The number of carbonyl (C=O) groups excluding carboxylic acids is 1. The molecule has 144 valence electrons. The Balaban J connectivity index is 1.72. The predicted octanol–water partition coefficient (Wildman–Crippen LogP) is 2.68. The molecule has 2 N–H and O–H groups in total. The number of methoxy groups -OCH3 is 1. The summed E-state index contributed by atoms with van der Waals surface area (Å²) in [7, 11) is 1.68. The van der Waals surface area contributed by atoms with Crippen LogP contribution in [-0.4, -0.2) is 50.7 Å². The zero-order valence-corrected chi connectivity index (χ0v) is 15.9. The third kappa shape index (κ3) is 4.78. The molecule has 0 aromatic heterocycles. The third-order valence-electron chi connectivity index (χ3n) is 4.66. The van der Waals surface area contributed by atoms with Crippen LogP contribution in [0.2, 0.25) is 0 Å². The van der Waals surface area contributed by atoms with Crippen LogP contribution in [0, 0.1) is 0 Å². The van der Waals surface area contributed by atoms with E-state index in [-0.39, 0.29) is 11.9 Å². The van der Waals surface area contributed by atoms with Gasteiger partial charge in [-0.15, -0.1) is 0 Å². The number of piperazine rings is 1. The van der Waals surface area contributed by atoms with Gasteiger partial charge in [-0.05, 0) is 25.1 Å². The number of hydrogen-bond acceptors (Lipinski definition) is 5. The summed E-state index contributed by atoms with van der Waals surface area (Å²) in [4.78, 5) is 14.9. The number of nitrogens with zero attached hydrogens (tertiary/aromatic N) is 1. The molecule has 1 aliphatic heterocycles. The fraction of sp³-hybridized carbons (Fsp3) is 0.381. The Morgan fingerprint density at radius 1 is 1.19 bits per heavy atom. The van der Waals surface area contributed by atoms with Gasteiger partial charge in [0.05, 0.1) is 32.0 Å². The maximum atomic E-state index is 12.7. The van der Waals surface area contributed by atoms with Gasteiger partial charge in [-0.25, -0.2) is 0 Å². The first-order valence-corrected chi connectivity index (χ1v) is 9.32. The lowest BCUT2D eigenvalue weighted by Crippen LogP contribution is -2.48. The first-order valence-electron chi connectivity index (χ1n) is 9.32. The second-order valence-corrected chi connectivity index (χ2v) is 6.41. The number of nitrogens with one attached hydrogen (secondary N) is 2. The van der Waals surface area contributed by atoms with E-state index in [4.69, 9.17) is 9.47 Å². The predicted molar refractivity (Wildman–Crippen MR) is 106 cm³/mol. The maximum Gasteiger partial charge on any atom is 0.238 e. The highest BCUT2D eigenvalue weighted by Crippen LogP contribution is 2.30. The molecular formula is C21H27N3O3. The average Bonchev–Trinajstić information content (AvgIpc) is 2.70. The highest BCUT2D eigenvalue weighted by molar-refractivity contribution is 5.93. The minimum absolute atomic E-state index is 0.0519. The van der Waals surface area contributed by atoms with Gasteiger partial charge in [-0.1, -0.05) is 30.3 Å². The molecule has 0 saturated carbocycles. The van der Waals surface area contributed by atoms with Crippen molar-refractivity contribution >= 4 is 11.6 Å². The molecule has 1 atom stereocenters. The molecule has 0 radical (unpaired) electrons. The number of hydrogen-bond donors (Lipinski definition) is 2. The molecular weight excluding hydrogens is 342 g/mol. The normalized spacial score (nSPS) is 17.3. The van der Waals surface area contributed by atoms with Crippen molar-refractivity contribution in [2.24, 2.45) is 0 Å². The standard InChI is InChI=1S/C21H27N3O3/c1-3-27-20-11-7-5-9-17(20)23-21(25)15-24-13-12-22-14-18(24)16-8-4-6-10-19(16)26-2/h4-11,18,22H,3,12-15H2,1-2H3,(H,23,25). The number of ether oxygens (including phenoxy) is 2. The van der Waals surface area contributed by atoms with Gasteiger partial charge >= 0.3 is 0 Å². The Labute approximate surface area is 160 Å². The summed E-state index contributed by atoms with van der Waals surface area (Å²) in [6.07, 6.45) is 0. The fourth-order valence-electron chi connectivity index (χ4n) is 3.41. The van der Waals surface area contributed by atoms with E-state index >= 15 is 0 Å². The Bertz CT molecular complexity index is 766. The molecule has 2 aromatic rings. The van der Waals surface area contributed by atoms with Crippen molar-refractivity contribution in [2.75, 3.05) is 45.2 Å². The van der Waals surface area contributed by atoms with Crippen LogP contribution in [0.25, 0.3) is 0 Å². The lowest BCUT2D eigenvalue weighted by molar-refractivity contribution is -0.118. The molecule has 1 fully saturated rings. The van der Waals surface area contributed by atoms with Crippen molar-refractivity contribution < 1.29 is 14.3 Å². The molecule has 6 nitrogen and oxygen atoms in total. The topological polar surface area (TPSA) is 62.8 Å². The number of para-hydroxylation sites is 3. The summed E-state index contributed by atoms with van der Waals surface area (Å²) < 4.78 is 11.1. The summed E-state index contributed by atoms with van der Waals surface area (Å²) in [5, 5.41) is 6.40. The first kappa shape index (κ1) is 19.2. The molecule has 27 heavy (non-hydrogen) atoms. The van der Waals surface area contributed by atoms with Gasteiger partial charge in [0, 0.05) is 25.2 Å². The largest absolute Gasteiger partial charge is 0.496 e. The van der Waals surface area contributed by atoms with Crippen LogP contribution < -0.4 is 20.1 Å². The van der Waals surface area contributed by atoms with Gasteiger partial charge in [0.15, 0.2) is 0 Å². The number of amides is 1. The fourth-order valence-corrected chi connectivity index (χ4v) is 3.41. The summed E-state index contributed by atoms with van der Waals surface area (Å²) in [5.41, 5.74) is 1.79. The second-order valence-electron chi connectivity index (χ2n) is 6.41. The minimum Gasteiger partial charge on any atom is -0.496 e. The molecule has 0 bridgehead atoms. The van der Waals surface area contributed by atoms with Gasteiger partial charge in [-0.2, -0.15) is 0 Å². The van der Waals surface area contributed by atoms with Crippen molar-refractivity contribution in [1.82, 2.24) is 10.2 Å².